The lowest BCUT2D eigenvalue weighted by molar-refractivity contribution is -0.157. The largest absolute Gasteiger partial charge is 0.492 e. The topological polar surface area (TPSA) is 82.4 Å². The van der Waals surface area contributed by atoms with Crippen molar-refractivity contribution >= 4 is 17.3 Å². The van der Waals surface area contributed by atoms with Crippen molar-refractivity contribution in [2.45, 2.75) is 58.6 Å². The molecule has 0 bridgehead atoms. The van der Waals surface area contributed by atoms with E-state index in [1.54, 1.807) is 17.7 Å². The Labute approximate surface area is 203 Å². The maximum atomic E-state index is 12.1. The minimum Gasteiger partial charge on any atom is -0.492 e. The molecule has 1 saturated heterocycles. The number of thiazole rings is 1. The van der Waals surface area contributed by atoms with Crippen LogP contribution in [-0.4, -0.2) is 62.5 Å². The molecule has 180 valence electrons. The van der Waals surface area contributed by atoms with Crippen LogP contribution < -0.4 is 4.74 Å². The third-order valence-electron chi connectivity index (χ3n) is 6.00. The summed E-state index contributed by atoms with van der Waals surface area (Å²) in [6, 6.07) is 6.66. The van der Waals surface area contributed by atoms with Gasteiger partial charge in [0.1, 0.15) is 17.7 Å². The number of benzene rings is 1. The molecule has 8 nitrogen and oxygen atoms in total. The maximum absolute atomic E-state index is 12.1. The SMILES string of the molecule is CC(C)n1ncnc1-c1nc2c(s1)CCOc1cc(C3CN(CC(=O)OC(C)(C)C)C3)ccc1-2. The maximum Gasteiger partial charge on any atom is 0.320 e. The normalized spacial score (nSPS) is 16.4. The molecule has 0 spiro atoms. The second-order valence-electron chi connectivity index (χ2n) is 10.2. The first-order valence-corrected chi connectivity index (χ1v) is 12.6. The lowest BCUT2D eigenvalue weighted by Gasteiger charge is -2.39. The van der Waals surface area contributed by atoms with Gasteiger partial charge in [0.15, 0.2) is 10.8 Å². The highest BCUT2D eigenvalue weighted by molar-refractivity contribution is 7.15. The van der Waals surface area contributed by atoms with Crippen molar-refractivity contribution in [2.24, 2.45) is 0 Å². The molecule has 0 radical (unpaired) electrons. The Morgan fingerprint density at radius 3 is 2.82 bits per heavy atom. The molecule has 0 N–H and O–H groups in total. The molecule has 1 fully saturated rings. The summed E-state index contributed by atoms with van der Waals surface area (Å²) in [4.78, 5) is 24.9. The zero-order chi connectivity index (χ0) is 24.0. The minimum atomic E-state index is -0.450. The van der Waals surface area contributed by atoms with Crippen molar-refractivity contribution in [3.05, 3.63) is 35.0 Å². The molecule has 2 aliphatic rings. The summed E-state index contributed by atoms with van der Waals surface area (Å²) in [5, 5.41) is 5.26. The Morgan fingerprint density at radius 1 is 1.29 bits per heavy atom. The fourth-order valence-electron chi connectivity index (χ4n) is 4.44. The van der Waals surface area contributed by atoms with Crippen LogP contribution in [0.15, 0.2) is 24.5 Å². The molecule has 4 heterocycles. The van der Waals surface area contributed by atoms with Crippen molar-refractivity contribution in [3.8, 4) is 27.8 Å². The molecular weight excluding hydrogens is 450 g/mol. The van der Waals surface area contributed by atoms with E-state index in [4.69, 9.17) is 14.5 Å². The first kappa shape index (κ1) is 23.0. The zero-order valence-corrected chi connectivity index (χ0v) is 21.2. The first-order chi connectivity index (χ1) is 16.2. The van der Waals surface area contributed by atoms with Gasteiger partial charge in [0.05, 0.1) is 18.8 Å². The Kier molecular flexibility index (Phi) is 5.93. The van der Waals surface area contributed by atoms with Gasteiger partial charge in [0.2, 0.25) is 0 Å². The predicted molar refractivity (Wildman–Crippen MR) is 131 cm³/mol. The number of nitrogens with zero attached hydrogens (tertiary/aromatic N) is 5. The number of carbonyl (C=O) groups is 1. The second kappa shape index (κ2) is 8.78. The number of carbonyl (C=O) groups excluding carboxylic acids is 1. The van der Waals surface area contributed by atoms with E-state index < -0.39 is 5.60 Å². The second-order valence-corrected chi connectivity index (χ2v) is 11.3. The van der Waals surface area contributed by atoms with Crippen molar-refractivity contribution < 1.29 is 14.3 Å². The van der Waals surface area contributed by atoms with Gasteiger partial charge in [-0.3, -0.25) is 9.69 Å². The number of likely N-dealkylation sites (tertiary alicyclic amines) is 1. The number of aromatic nitrogens is 4. The quantitative estimate of drug-likeness (QED) is 0.502. The van der Waals surface area contributed by atoms with Gasteiger partial charge in [0, 0.05) is 41.9 Å². The molecular formula is C25H31N5O3S. The van der Waals surface area contributed by atoms with Crippen molar-refractivity contribution in [2.75, 3.05) is 26.2 Å². The van der Waals surface area contributed by atoms with E-state index in [1.807, 2.05) is 25.5 Å². The summed E-state index contributed by atoms with van der Waals surface area (Å²) < 4.78 is 13.5. The van der Waals surface area contributed by atoms with E-state index in [0.717, 1.165) is 47.3 Å². The Hall–Kier alpha value is -2.78. The van der Waals surface area contributed by atoms with E-state index in [-0.39, 0.29) is 12.0 Å². The molecule has 0 unspecified atom stereocenters. The lowest BCUT2D eigenvalue weighted by Crippen LogP contribution is -2.48. The third kappa shape index (κ3) is 4.59. The van der Waals surface area contributed by atoms with Gasteiger partial charge in [0.25, 0.3) is 0 Å². The predicted octanol–water partition coefficient (Wildman–Crippen LogP) is 4.33. The highest BCUT2D eigenvalue weighted by Gasteiger charge is 2.32. The highest BCUT2D eigenvalue weighted by atomic mass is 32.1. The number of rotatable bonds is 5. The van der Waals surface area contributed by atoms with Gasteiger partial charge in [-0.2, -0.15) is 5.10 Å². The lowest BCUT2D eigenvalue weighted by atomic mass is 9.90. The van der Waals surface area contributed by atoms with Crippen LogP contribution >= 0.6 is 11.3 Å². The summed E-state index contributed by atoms with van der Waals surface area (Å²) in [6.07, 6.45) is 2.41. The van der Waals surface area contributed by atoms with Crippen LogP contribution in [-0.2, 0) is 16.0 Å². The van der Waals surface area contributed by atoms with E-state index in [2.05, 4.69) is 47.0 Å². The molecule has 9 heteroatoms. The van der Waals surface area contributed by atoms with Crippen LogP contribution in [0.2, 0.25) is 0 Å². The van der Waals surface area contributed by atoms with Gasteiger partial charge in [-0.15, -0.1) is 11.3 Å². The van der Waals surface area contributed by atoms with E-state index in [0.29, 0.717) is 19.1 Å². The van der Waals surface area contributed by atoms with Gasteiger partial charge >= 0.3 is 5.97 Å². The molecule has 2 aliphatic heterocycles. The van der Waals surface area contributed by atoms with Gasteiger partial charge < -0.3 is 9.47 Å². The van der Waals surface area contributed by atoms with Gasteiger partial charge in [-0.05, 0) is 52.3 Å². The molecule has 3 aromatic rings. The van der Waals surface area contributed by atoms with Crippen LogP contribution in [0.5, 0.6) is 5.75 Å². The van der Waals surface area contributed by atoms with Crippen LogP contribution in [0.3, 0.4) is 0 Å². The van der Waals surface area contributed by atoms with E-state index >= 15 is 0 Å². The number of hydrogen-bond acceptors (Lipinski definition) is 8. The standard InChI is InChI=1S/C25H31N5O3S/c1-15(2)30-23(26-14-27-30)24-28-22-18-7-6-16(10-19(18)32-9-8-20(22)34-24)17-11-29(12-17)13-21(31)33-25(3,4)5/h6-7,10,14-15,17H,8-9,11-13H2,1-5H3. The van der Waals surface area contributed by atoms with Crippen LogP contribution in [0.1, 0.15) is 57.0 Å². The van der Waals surface area contributed by atoms with Gasteiger partial charge in [-0.1, -0.05) is 6.07 Å². The first-order valence-electron chi connectivity index (χ1n) is 11.8. The van der Waals surface area contributed by atoms with Crippen molar-refractivity contribution in [3.63, 3.8) is 0 Å². The number of ether oxygens (including phenoxy) is 2. The summed E-state index contributed by atoms with van der Waals surface area (Å²) in [5.41, 5.74) is 2.80. The summed E-state index contributed by atoms with van der Waals surface area (Å²) in [6.45, 7) is 12.5. The fourth-order valence-corrected chi connectivity index (χ4v) is 5.48. The zero-order valence-electron chi connectivity index (χ0n) is 20.4. The Bertz CT molecular complexity index is 1200. The number of hydrogen-bond donors (Lipinski definition) is 0. The molecule has 5 rings (SSSR count). The molecule has 0 aliphatic carbocycles. The average Bonchev–Trinajstić information content (AvgIpc) is 3.33. The van der Waals surface area contributed by atoms with Crippen LogP contribution in [0.4, 0.5) is 0 Å². The third-order valence-corrected chi connectivity index (χ3v) is 7.11. The van der Waals surface area contributed by atoms with Crippen LogP contribution in [0, 0.1) is 0 Å². The molecule has 0 atom stereocenters. The summed E-state index contributed by atoms with van der Waals surface area (Å²) >= 11 is 1.67. The summed E-state index contributed by atoms with van der Waals surface area (Å²) in [5.74, 6) is 1.90. The van der Waals surface area contributed by atoms with Crippen molar-refractivity contribution in [1.82, 2.24) is 24.6 Å². The van der Waals surface area contributed by atoms with E-state index in [9.17, 15) is 4.79 Å². The minimum absolute atomic E-state index is 0.170. The number of fused-ring (bicyclic) bond motifs is 3. The van der Waals surface area contributed by atoms with Crippen LogP contribution in [0.25, 0.3) is 22.1 Å². The number of esters is 1. The molecule has 0 amide bonds. The van der Waals surface area contributed by atoms with Gasteiger partial charge in [-0.25, -0.2) is 14.6 Å². The Morgan fingerprint density at radius 2 is 2.09 bits per heavy atom. The highest BCUT2D eigenvalue weighted by Crippen LogP contribution is 2.42. The average molecular weight is 482 g/mol. The van der Waals surface area contributed by atoms with Crippen molar-refractivity contribution in [1.29, 1.82) is 0 Å². The fraction of sp³-hybridized carbons (Fsp3) is 0.520. The molecule has 0 saturated carbocycles. The molecule has 34 heavy (non-hydrogen) atoms. The molecule has 1 aromatic carbocycles. The molecule has 2 aromatic heterocycles. The summed E-state index contributed by atoms with van der Waals surface area (Å²) in [7, 11) is 0. The Balaban J connectivity index is 1.32. The monoisotopic (exact) mass is 481 g/mol. The smallest absolute Gasteiger partial charge is 0.320 e. The van der Waals surface area contributed by atoms with E-state index in [1.165, 1.54) is 10.4 Å².